The van der Waals surface area contributed by atoms with Crippen molar-refractivity contribution in [2.45, 2.75) is 33.0 Å². The van der Waals surface area contributed by atoms with Gasteiger partial charge in [0.25, 0.3) is 0 Å². The molecule has 0 unspecified atom stereocenters. The maximum atomic E-state index is 14.0. The summed E-state index contributed by atoms with van der Waals surface area (Å²) in [6.07, 6.45) is 2.73. The Balaban J connectivity index is 1.72. The molecule has 0 spiro atoms. The van der Waals surface area contributed by atoms with Crippen LogP contribution in [-0.2, 0) is 22.7 Å². The van der Waals surface area contributed by atoms with Crippen LogP contribution in [0.15, 0.2) is 30.7 Å². The zero-order chi connectivity index (χ0) is 23.4. The van der Waals surface area contributed by atoms with Gasteiger partial charge >= 0.3 is 0 Å². The van der Waals surface area contributed by atoms with Gasteiger partial charge in [-0.3, -0.25) is 9.59 Å². The van der Waals surface area contributed by atoms with E-state index in [0.717, 1.165) is 0 Å². The first-order valence-electron chi connectivity index (χ1n) is 9.71. The standard InChI is InChI=1S/C21H21ClFN7O2/c1-12(2)30(9-16(31)26-7-13-4-3-5-15(22)19(13)23)17(32)10-29-8-14(6-24)18-20(25)27-11-28-21(18)29/h3-5,8,11-12H,7,9-10H2,1-2H3,(H,26,31)(H2,25,27,28). The highest BCUT2D eigenvalue weighted by Crippen LogP contribution is 2.23. The molecule has 3 aromatic rings. The number of carbonyl (C=O) groups excluding carboxylic acids is 2. The first-order chi connectivity index (χ1) is 15.2. The maximum Gasteiger partial charge on any atom is 0.243 e. The van der Waals surface area contributed by atoms with Gasteiger partial charge < -0.3 is 20.5 Å². The molecule has 1 aromatic carbocycles. The van der Waals surface area contributed by atoms with Gasteiger partial charge in [-0.15, -0.1) is 0 Å². The number of benzene rings is 1. The van der Waals surface area contributed by atoms with Crippen molar-refractivity contribution in [1.29, 1.82) is 5.26 Å². The Morgan fingerprint density at radius 3 is 2.81 bits per heavy atom. The second-order valence-electron chi connectivity index (χ2n) is 7.35. The van der Waals surface area contributed by atoms with Gasteiger partial charge in [0, 0.05) is 24.3 Å². The lowest BCUT2D eigenvalue weighted by Gasteiger charge is -2.26. The fourth-order valence-corrected chi connectivity index (χ4v) is 3.43. The third-order valence-corrected chi connectivity index (χ3v) is 5.17. The number of anilines is 1. The molecule has 2 amide bonds. The fourth-order valence-electron chi connectivity index (χ4n) is 3.24. The molecule has 0 aliphatic rings. The van der Waals surface area contributed by atoms with Crippen LogP contribution >= 0.6 is 11.6 Å². The van der Waals surface area contributed by atoms with Gasteiger partial charge in [-0.25, -0.2) is 14.4 Å². The predicted molar refractivity (Wildman–Crippen MR) is 117 cm³/mol. The minimum atomic E-state index is -0.597. The highest BCUT2D eigenvalue weighted by Gasteiger charge is 2.23. The number of halogens is 2. The van der Waals surface area contributed by atoms with Crippen molar-refractivity contribution in [3.63, 3.8) is 0 Å². The Bertz CT molecular complexity index is 1220. The number of nitrogens with one attached hydrogen (secondary N) is 1. The van der Waals surface area contributed by atoms with E-state index in [-0.39, 0.29) is 53.6 Å². The highest BCUT2D eigenvalue weighted by molar-refractivity contribution is 6.30. The number of nitrogens with two attached hydrogens (primary N) is 1. The lowest BCUT2D eigenvalue weighted by atomic mass is 10.2. The van der Waals surface area contributed by atoms with Crippen LogP contribution in [0.5, 0.6) is 0 Å². The highest BCUT2D eigenvalue weighted by atomic mass is 35.5. The SMILES string of the molecule is CC(C)N(CC(=O)NCc1cccc(Cl)c1F)C(=O)Cn1cc(C#N)c2c(N)ncnc21. The molecule has 3 N–H and O–H groups in total. The van der Waals surface area contributed by atoms with E-state index in [1.165, 1.54) is 34.1 Å². The minimum absolute atomic E-state index is 0.0316. The molecule has 9 nitrogen and oxygen atoms in total. The average Bonchev–Trinajstić information content (AvgIpc) is 3.11. The third kappa shape index (κ3) is 4.78. The number of nitriles is 1. The zero-order valence-electron chi connectivity index (χ0n) is 17.5. The number of rotatable bonds is 7. The predicted octanol–water partition coefficient (Wildman–Crippen LogP) is 2.23. The van der Waals surface area contributed by atoms with Crippen LogP contribution < -0.4 is 11.1 Å². The van der Waals surface area contributed by atoms with Crippen LogP contribution in [0, 0.1) is 17.1 Å². The van der Waals surface area contributed by atoms with Gasteiger partial charge in [0.05, 0.1) is 22.5 Å². The molecule has 2 heterocycles. The summed E-state index contributed by atoms with van der Waals surface area (Å²) < 4.78 is 15.5. The summed E-state index contributed by atoms with van der Waals surface area (Å²) in [4.78, 5) is 34.8. The minimum Gasteiger partial charge on any atom is -0.383 e. The number of nitrogen functional groups attached to an aromatic ring is 1. The number of carbonyl (C=O) groups is 2. The van der Waals surface area contributed by atoms with E-state index in [1.54, 1.807) is 19.9 Å². The van der Waals surface area contributed by atoms with Crippen molar-refractivity contribution in [2.75, 3.05) is 12.3 Å². The maximum absolute atomic E-state index is 14.0. The molecule has 3 rings (SSSR count). The summed E-state index contributed by atoms with van der Waals surface area (Å²) in [5.41, 5.74) is 6.70. The van der Waals surface area contributed by atoms with Gasteiger partial charge in [0.2, 0.25) is 11.8 Å². The van der Waals surface area contributed by atoms with Gasteiger partial charge in [-0.1, -0.05) is 23.7 Å². The summed E-state index contributed by atoms with van der Waals surface area (Å²) >= 11 is 5.76. The molecule has 0 saturated carbocycles. The Morgan fingerprint density at radius 1 is 1.38 bits per heavy atom. The monoisotopic (exact) mass is 457 g/mol. The number of fused-ring (bicyclic) bond motifs is 1. The number of hydrogen-bond acceptors (Lipinski definition) is 6. The Kier molecular flexibility index (Phi) is 6.90. The van der Waals surface area contributed by atoms with E-state index in [0.29, 0.717) is 11.0 Å². The topological polar surface area (TPSA) is 130 Å². The molecule has 32 heavy (non-hydrogen) atoms. The van der Waals surface area contributed by atoms with Gasteiger partial charge in [0.15, 0.2) is 0 Å². The molecule has 0 fully saturated rings. The van der Waals surface area contributed by atoms with E-state index < -0.39 is 11.7 Å². The number of nitrogens with zero attached hydrogens (tertiary/aromatic N) is 5. The Labute approximate surface area is 188 Å². The third-order valence-electron chi connectivity index (χ3n) is 4.87. The second kappa shape index (κ2) is 9.62. The van der Waals surface area contributed by atoms with Gasteiger partial charge in [-0.2, -0.15) is 5.26 Å². The van der Waals surface area contributed by atoms with Crippen molar-refractivity contribution < 1.29 is 14.0 Å². The molecule has 0 radical (unpaired) electrons. The van der Waals surface area contributed by atoms with Crippen LogP contribution in [0.25, 0.3) is 11.0 Å². The van der Waals surface area contributed by atoms with Crippen LogP contribution in [0.2, 0.25) is 5.02 Å². The van der Waals surface area contributed by atoms with Gasteiger partial charge in [-0.05, 0) is 19.9 Å². The number of aromatic nitrogens is 3. The Morgan fingerprint density at radius 2 is 2.12 bits per heavy atom. The molecular weight excluding hydrogens is 437 g/mol. The summed E-state index contributed by atoms with van der Waals surface area (Å²) in [6, 6.07) is 6.26. The molecule has 0 aliphatic heterocycles. The van der Waals surface area contributed by atoms with E-state index in [2.05, 4.69) is 15.3 Å². The van der Waals surface area contributed by atoms with E-state index in [1.807, 2.05) is 6.07 Å². The molecule has 2 aromatic heterocycles. The average molecular weight is 458 g/mol. The first-order valence-corrected chi connectivity index (χ1v) is 10.1. The molecule has 0 bridgehead atoms. The van der Waals surface area contributed by atoms with Gasteiger partial charge in [0.1, 0.15) is 36.2 Å². The summed E-state index contributed by atoms with van der Waals surface area (Å²) in [5, 5.41) is 12.3. The van der Waals surface area contributed by atoms with E-state index in [4.69, 9.17) is 17.3 Å². The van der Waals surface area contributed by atoms with Crippen LogP contribution in [0.4, 0.5) is 10.2 Å². The molecule has 0 atom stereocenters. The lowest BCUT2D eigenvalue weighted by Crippen LogP contribution is -2.45. The van der Waals surface area contributed by atoms with Crippen molar-refractivity contribution in [3.05, 3.63) is 52.7 Å². The first kappa shape index (κ1) is 23.0. The van der Waals surface area contributed by atoms with Crippen LogP contribution in [0.3, 0.4) is 0 Å². The van der Waals surface area contributed by atoms with Crippen molar-refractivity contribution >= 4 is 40.3 Å². The summed E-state index contributed by atoms with van der Waals surface area (Å²) in [7, 11) is 0. The van der Waals surface area contributed by atoms with Crippen molar-refractivity contribution in [1.82, 2.24) is 24.8 Å². The smallest absolute Gasteiger partial charge is 0.243 e. The van der Waals surface area contributed by atoms with E-state index in [9.17, 15) is 19.2 Å². The largest absolute Gasteiger partial charge is 0.383 e. The van der Waals surface area contributed by atoms with Crippen LogP contribution in [0.1, 0.15) is 25.0 Å². The van der Waals surface area contributed by atoms with Crippen molar-refractivity contribution in [2.24, 2.45) is 0 Å². The zero-order valence-corrected chi connectivity index (χ0v) is 18.2. The quantitative estimate of drug-likeness (QED) is 0.559. The molecule has 0 aliphatic carbocycles. The molecular formula is C21H21ClFN7O2. The second-order valence-corrected chi connectivity index (χ2v) is 7.75. The number of hydrogen-bond donors (Lipinski definition) is 2. The molecule has 166 valence electrons. The lowest BCUT2D eigenvalue weighted by molar-refractivity contribution is -0.138. The number of amides is 2. The summed E-state index contributed by atoms with van der Waals surface area (Å²) in [6.45, 7) is 3.12. The summed E-state index contributed by atoms with van der Waals surface area (Å²) in [5.74, 6) is -1.26. The Hall–Kier alpha value is -3.71. The normalized spacial score (nSPS) is 10.9. The fraction of sp³-hybridized carbons (Fsp3) is 0.286. The van der Waals surface area contributed by atoms with Crippen LogP contribution in [-0.4, -0.2) is 43.8 Å². The molecule has 0 saturated heterocycles. The van der Waals surface area contributed by atoms with Crippen molar-refractivity contribution in [3.8, 4) is 6.07 Å². The van der Waals surface area contributed by atoms with E-state index >= 15 is 0 Å². The molecule has 11 heteroatoms.